The molecule has 0 unspecified atom stereocenters. The first-order chi connectivity index (χ1) is 48.4. The molecular weight excluding hydrogens is 1360 g/mol. The summed E-state index contributed by atoms with van der Waals surface area (Å²) in [7, 11) is 6.75. The van der Waals surface area contributed by atoms with Crippen LogP contribution in [0.25, 0.3) is 45.0 Å². The lowest BCUT2D eigenvalue weighted by molar-refractivity contribution is -0.136. The van der Waals surface area contributed by atoms with E-state index in [2.05, 4.69) is 62.5 Å². The maximum absolute atomic E-state index is 13.5. The number of methoxy groups -OCH3 is 2. The Hall–Kier alpha value is -9.12. The highest BCUT2D eigenvalue weighted by atomic mass is 35.5. The Bertz CT molecular complexity index is 4240. The normalized spacial score (nSPS) is 18.3. The van der Waals surface area contributed by atoms with Crippen molar-refractivity contribution < 1.29 is 38.2 Å². The van der Waals surface area contributed by atoms with Crippen LogP contribution in [0.2, 0.25) is 20.1 Å². The fourth-order valence-corrected chi connectivity index (χ4v) is 14.3. The molecular formula is C70H74Cl4N18O8. The number of hydrogen-bond acceptors (Lipinski definition) is 18. The number of hydrogen-bond donors (Lipinski definition) is 8. The maximum Gasteiger partial charge on any atom is 0.291 e. The van der Waals surface area contributed by atoms with Crippen LogP contribution in [0.15, 0.2) is 85.2 Å². The van der Waals surface area contributed by atoms with E-state index in [1.807, 2.05) is 38.4 Å². The highest BCUT2D eigenvalue weighted by Crippen LogP contribution is 2.43. The Morgan fingerprint density at radius 1 is 0.530 bits per heavy atom. The van der Waals surface area contributed by atoms with E-state index in [9.17, 15) is 28.8 Å². The molecule has 2 aromatic carbocycles. The molecule has 8 aromatic rings. The van der Waals surface area contributed by atoms with Crippen LogP contribution in [0.1, 0.15) is 93.7 Å². The van der Waals surface area contributed by atoms with E-state index < -0.39 is 11.8 Å². The van der Waals surface area contributed by atoms with Crippen molar-refractivity contribution in [2.45, 2.75) is 102 Å². The van der Waals surface area contributed by atoms with Gasteiger partial charge in [-0.2, -0.15) is 0 Å². The molecule has 0 bridgehead atoms. The predicted octanol–water partition coefficient (Wildman–Crippen LogP) is 7.45. The van der Waals surface area contributed by atoms with E-state index in [0.29, 0.717) is 156 Å². The minimum absolute atomic E-state index is 0.0749. The molecule has 4 saturated heterocycles. The second-order valence-corrected chi connectivity index (χ2v) is 26.8. The quantitative estimate of drug-likeness (QED) is 0.0367. The summed E-state index contributed by atoms with van der Waals surface area (Å²) in [5.74, 6) is 0.831. The molecule has 6 amide bonds. The van der Waals surface area contributed by atoms with E-state index in [1.54, 1.807) is 94.1 Å². The van der Waals surface area contributed by atoms with Crippen molar-refractivity contribution in [2.75, 3.05) is 64.1 Å². The predicted molar refractivity (Wildman–Crippen MR) is 378 cm³/mol. The maximum atomic E-state index is 13.5. The number of carbonyl (C=O) groups excluding carboxylic acids is 6. The van der Waals surface area contributed by atoms with Crippen molar-refractivity contribution in [3.63, 3.8) is 0 Å². The van der Waals surface area contributed by atoms with Crippen LogP contribution in [-0.4, -0.2) is 162 Å². The van der Waals surface area contributed by atoms with Crippen LogP contribution in [0, 0.1) is 0 Å². The molecule has 26 nitrogen and oxygen atoms in total. The topological polar surface area (TPSA) is 311 Å². The lowest BCUT2D eigenvalue weighted by Gasteiger charge is -2.34. The molecule has 4 fully saturated rings. The van der Waals surface area contributed by atoms with Crippen molar-refractivity contribution in [3.05, 3.63) is 151 Å². The molecule has 0 saturated carbocycles. The van der Waals surface area contributed by atoms with Gasteiger partial charge in [0, 0.05) is 148 Å². The second-order valence-electron chi connectivity index (χ2n) is 25.3. The number of anilines is 2. The van der Waals surface area contributed by atoms with Gasteiger partial charge < -0.3 is 70.9 Å². The van der Waals surface area contributed by atoms with Crippen molar-refractivity contribution in [1.29, 1.82) is 0 Å². The number of nitrogens with one attached hydrogen (secondary N) is 8. The third-order valence-corrected chi connectivity index (χ3v) is 20.5. The molecule has 6 aliphatic heterocycles. The summed E-state index contributed by atoms with van der Waals surface area (Å²) in [5, 5.41) is 26.0. The second kappa shape index (κ2) is 30.4. The Morgan fingerprint density at radius 3 is 1.32 bits per heavy atom. The van der Waals surface area contributed by atoms with E-state index >= 15 is 0 Å². The first-order valence-corrected chi connectivity index (χ1v) is 34.7. The molecule has 30 heteroatoms. The minimum atomic E-state index is -0.425. The molecule has 12 heterocycles. The average Bonchev–Trinajstić information content (AvgIpc) is 1.75. The number of pyridine rings is 4. The molecule has 0 aliphatic carbocycles. The number of ether oxygens (including phenoxy) is 2. The van der Waals surface area contributed by atoms with Gasteiger partial charge in [-0.1, -0.05) is 82.8 Å². The van der Waals surface area contributed by atoms with Crippen molar-refractivity contribution in [2.24, 2.45) is 14.1 Å². The Kier molecular flexibility index (Phi) is 21.1. The van der Waals surface area contributed by atoms with E-state index in [-0.39, 0.29) is 69.5 Å². The highest BCUT2D eigenvalue weighted by molar-refractivity contribution is 6.40. The van der Waals surface area contributed by atoms with Crippen LogP contribution in [0.4, 0.5) is 11.4 Å². The zero-order chi connectivity index (χ0) is 69.9. The number of carbonyl (C=O) groups is 6. The lowest BCUT2D eigenvalue weighted by Crippen LogP contribution is -2.55. The number of amides is 6. The van der Waals surface area contributed by atoms with Crippen molar-refractivity contribution in [3.8, 4) is 56.8 Å². The number of aromatic nitrogens is 8. The van der Waals surface area contributed by atoms with Crippen LogP contribution < -0.4 is 52.0 Å². The number of imidazole rings is 2. The molecule has 520 valence electrons. The van der Waals surface area contributed by atoms with Crippen LogP contribution in [0.5, 0.6) is 11.8 Å². The Balaban J connectivity index is 0.000000179. The van der Waals surface area contributed by atoms with E-state index in [4.69, 9.17) is 65.8 Å². The number of halogens is 4. The summed E-state index contributed by atoms with van der Waals surface area (Å²) in [4.78, 5) is 107. The Morgan fingerprint density at radius 2 is 0.950 bits per heavy atom. The van der Waals surface area contributed by atoms with Crippen LogP contribution in [0.3, 0.4) is 0 Å². The summed E-state index contributed by atoms with van der Waals surface area (Å²) < 4.78 is 14.8. The number of nitrogens with zero attached hydrogens (tertiary/aromatic N) is 10. The molecule has 0 spiro atoms. The molecule has 4 atom stereocenters. The van der Waals surface area contributed by atoms with Gasteiger partial charge in [0.1, 0.15) is 0 Å². The first-order valence-electron chi connectivity index (χ1n) is 33.1. The van der Waals surface area contributed by atoms with E-state index in [1.165, 1.54) is 0 Å². The van der Waals surface area contributed by atoms with Crippen molar-refractivity contribution in [1.82, 2.24) is 80.7 Å². The monoisotopic (exact) mass is 1430 g/mol. The molecule has 0 radical (unpaired) electrons. The smallest absolute Gasteiger partial charge is 0.291 e. The number of fused-ring (bicyclic) bond motifs is 2. The lowest BCUT2D eigenvalue weighted by atomic mass is 10.0. The summed E-state index contributed by atoms with van der Waals surface area (Å²) in [6.45, 7) is 5.94. The standard InChI is InChI=1S/2C35H37Cl2N9O4/c2*1-45-27-12-15-46(35(49)25-11-14-39-25)18-26(27)42-32(45)33(48)43-24-5-3-4-22(29(24)36)31-30(37)21(10-13-40-31)23-8-6-19(34(44-23)50-2)16-38-17-20-7-9-28(47)41-20/h2*3-6,8,10,13,20,25,38-39H,7,9,11-12,14-18H2,1-2H3,(H,41,47)(H,43,48)/t2*20-,25-/m00/s1. The van der Waals surface area contributed by atoms with Gasteiger partial charge in [-0.15, -0.1) is 0 Å². The van der Waals surface area contributed by atoms with Crippen molar-refractivity contribution >= 4 is 93.2 Å². The molecule has 100 heavy (non-hydrogen) atoms. The van der Waals surface area contributed by atoms with E-state index in [0.717, 1.165) is 72.7 Å². The SMILES string of the molecule is COc1nc(-c2ccnc(-c3cccc(NC(=O)c4nc5c(n4C)CCN(C(=O)[C@@H]4CCN4)C5)c3Cl)c2Cl)ccc1CNC[C@@H]1CCC(=O)N1.COc1nc(-c2ccnc(-c3cccc(NC(=O)c4nc5c(n4C)CCN(C(=O)[C@@H]4CCN4)C5)c3Cl)c2Cl)ccc1CNC[C@@H]1CCC(=O)N1. The summed E-state index contributed by atoms with van der Waals surface area (Å²) in [6.07, 6.45) is 8.91. The minimum Gasteiger partial charge on any atom is -0.481 e. The summed E-state index contributed by atoms with van der Waals surface area (Å²) >= 11 is 27.8. The summed E-state index contributed by atoms with van der Waals surface area (Å²) in [6, 6.07) is 21.6. The third kappa shape index (κ3) is 14.6. The molecule has 6 aromatic heterocycles. The fourth-order valence-electron chi connectivity index (χ4n) is 13.2. The average molecular weight is 1440 g/mol. The molecule has 8 N–H and O–H groups in total. The van der Waals surface area contributed by atoms with Gasteiger partial charge in [0.15, 0.2) is 11.6 Å². The number of rotatable bonds is 20. The van der Waals surface area contributed by atoms with Gasteiger partial charge in [0.2, 0.25) is 35.4 Å². The van der Waals surface area contributed by atoms with Gasteiger partial charge in [0.05, 0.1) is 105 Å². The van der Waals surface area contributed by atoms with Gasteiger partial charge >= 0.3 is 0 Å². The first kappa shape index (κ1) is 69.4. The third-order valence-electron chi connectivity index (χ3n) is 19.0. The highest BCUT2D eigenvalue weighted by Gasteiger charge is 2.36. The van der Waals surface area contributed by atoms with Crippen LogP contribution >= 0.6 is 46.4 Å². The largest absolute Gasteiger partial charge is 0.481 e. The van der Waals surface area contributed by atoms with Gasteiger partial charge in [-0.3, -0.25) is 38.7 Å². The zero-order valence-corrected chi connectivity index (χ0v) is 58.4. The Labute approximate surface area is 596 Å². The fraction of sp³-hybridized carbons (Fsp3) is 0.371. The van der Waals surface area contributed by atoms with Crippen LogP contribution in [-0.2, 0) is 72.3 Å². The zero-order valence-electron chi connectivity index (χ0n) is 55.4. The van der Waals surface area contributed by atoms with Gasteiger partial charge in [0.25, 0.3) is 11.8 Å². The molecule has 14 rings (SSSR count). The summed E-state index contributed by atoms with van der Waals surface area (Å²) in [5.41, 5.74) is 10.1. The van der Waals surface area contributed by atoms with Gasteiger partial charge in [-0.05, 0) is 75.2 Å². The number of benzene rings is 2. The molecule has 6 aliphatic rings. The van der Waals surface area contributed by atoms with Gasteiger partial charge in [-0.25, -0.2) is 19.9 Å².